The lowest BCUT2D eigenvalue weighted by Crippen LogP contribution is -1.96. The minimum absolute atomic E-state index is 0.549. The van der Waals surface area contributed by atoms with Crippen LogP contribution in [0.2, 0.25) is 0 Å². The van der Waals surface area contributed by atoms with E-state index in [2.05, 4.69) is 5.10 Å². The summed E-state index contributed by atoms with van der Waals surface area (Å²) >= 11 is 0. The molecule has 3 nitrogen and oxygen atoms in total. The van der Waals surface area contributed by atoms with Gasteiger partial charge in [0, 0.05) is 11.8 Å². The summed E-state index contributed by atoms with van der Waals surface area (Å²) in [6.45, 7) is -0.807. The molecule has 2 aromatic rings. The zero-order valence-corrected chi connectivity index (χ0v) is 9.06. The molecule has 0 saturated carbocycles. The van der Waals surface area contributed by atoms with E-state index in [4.69, 9.17) is 5.26 Å². The molecule has 0 aliphatic rings. The molecule has 0 atom stereocenters. The summed E-state index contributed by atoms with van der Waals surface area (Å²) in [5, 5.41) is 12.3. The summed E-state index contributed by atoms with van der Waals surface area (Å²) in [5.74, 6) is 0. The average Bonchev–Trinajstić information content (AvgIpc) is 2.78. The Morgan fingerprint density at radius 1 is 1.41 bits per heavy atom. The fourth-order valence-electron chi connectivity index (χ4n) is 1.64. The Morgan fingerprint density at radius 2 is 2.18 bits per heavy atom. The van der Waals surface area contributed by atoms with Crippen molar-refractivity contribution in [1.29, 1.82) is 5.26 Å². The molecule has 17 heavy (non-hydrogen) atoms. The third-order valence-corrected chi connectivity index (χ3v) is 2.47. The predicted octanol–water partition coefficient (Wildman–Crippen LogP) is 3.13. The second kappa shape index (κ2) is 4.34. The molecule has 0 amide bonds. The van der Waals surface area contributed by atoms with Gasteiger partial charge in [-0.3, -0.25) is 0 Å². The van der Waals surface area contributed by atoms with E-state index in [1.165, 1.54) is 12.4 Å². The van der Waals surface area contributed by atoms with Crippen LogP contribution < -0.4 is 0 Å². The van der Waals surface area contributed by atoms with E-state index in [0.29, 0.717) is 15.8 Å². The van der Waals surface area contributed by atoms with Gasteiger partial charge >= 0.3 is 6.55 Å². The van der Waals surface area contributed by atoms with Crippen LogP contribution in [0.1, 0.15) is 17.7 Å². The van der Waals surface area contributed by atoms with Gasteiger partial charge in [0.15, 0.2) is 0 Å². The highest BCUT2D eigenvalue weighted by atomic mass is 19.3. The molecule has 1 aromatic heterocycles. The summed E-state index contributed by atoms with van der Waals surface area (Å²) in [6, 6.07) is 7.14. The molecule has 5 heteroatoms. The van der Waals surface area contributed by atoms with Crippen molar-refractivity contribution >= 4 is 0 Å². The second-order valence-electron chi connectivity index (χ2n) is 3.63. The summed E-state index contributed by atoms with van der Waals surface area (Å²) in [7, 11) is 0. The van der Waals surface area contributed by atoms with Crippen molar-refractivity contribution in [3.05, 3.63) is 41.7 Å². The number of hydrogen-bond donors (Lipinski definition) is 0. The number of aromatic nitrogens is 2. The van der Waals surface area contributed by atoms with Crippen molar-refractivity contribution in [1.82, 2.24) is 9.78 Å². The molecule has 0 radical (unpaired) electrons. The van der Waals surface area contributed by atoms with E-state index in [0.717, 1.165) is 11.1 Å². The van der Waals surface area contributed by atoms with E-state index < -0.39 is 6.55 Å². The van der Waals surface area contributed by atoms with Crippen LogP contribution in [-0.4, -0.2) is 9.78 Å². The van der Waals surface area contributed by atoms with Crippen molar-refractivity contribution in [2.24, 2.45) is 0 Å². The van der Waals surface area contributed by atoms with Gasteiger partial charge in [0.2, 0.25) is 0 Å². The van der Waals surface area contributed by atoms with Crippen LogP contribution in [0.3, 0.4) is 0 Å². The van der Waals surface area contributed by atoms with Gasteiger partial charge in [0.25, 0.3) is 0 Å². The Kier molecular flexibility index (Phi) is 2.88. The molecule has 0 aliphatic carbocycles. The lowest BCUT2D eigenvalue weighted by Gasteiger charge is -2.03. The maximum Gasteiger partial charge on any atom is 0.333 e. The van der Waals surface area contributed by atoms with Crippen molar-refractivity contribution in [3.8, 4) is 17.2 Å². The van der Waals surface area contributed by atoms with E-state index in [1.54, 1.807) is 18.2 Å². The van der Waals surface area contributed by atoms with Gasteiger partial charge in [-0.15, -0.1) is 0 Å². The van der Waals surface area contributed by atoms with Gasteiger partial charge < -0.3 is 0 Å². The maximum absolute atomic E-state index is 12.4. The van der Waals surface area contributed by atoms with Gasteiger partial charge in [0.1, 0.15) is 0 Å². The summed E-state index contributed by atoms with van der Waals surface area (Å²) in [6.07, 6.45) is 2.68. The first-order valence-electron chi connectivity index (χ1n) is 4.95. The summed E-state index contributed by atoms with van der Waals surface area (Å²) in [4.78, 5) is 0. The van der Waals surface area contributed by atoms with Gasteiger partial charge in [0.05, 0.1) is 17.8 Å². The Bertz CT molecular complexity index is 582. The Hall–Kier alpha value is -2.22. The first-order valence-corrected chi connectivity index (χ1v) is 4.95. The van der Waals surface area contributed by atoms with Gasteiger partial charge in [-0.05, 0) is 30.2 Å². The molecule has 0 N–H and O–H groups in total. The third kappa shape index (κ3) is 2.16. The van der Waals surface area contributed by atoms with Crippen LogP contribution in [0, 0.1) is 18.3 Å². The number of halogens is 2. The van der Waals surface area contributed by atoms with Gasteiger partial charge in [-0.1, -0.05) is 6.07 Å². The first-order chi connectivity index (χ1) is 8.11. The normalized spacial score (nSPS) is 10.5. The molecule has 2 rings (SSSR count). The van der Waals surface area contributed by atoms with E-state index in [1.807, 2.05) is 13.0 Å². The van der Waals surface area contributed by atoms with E-state index in [-0.39, 0.29) is 0 Å². The largest absolute Gasteiger partial charge is 0.333 e. The van der Waals surface area contributed by atoms with Crippen molar-refractivity contribution < 1.29 is 8.78 Å². The molecule has 0 aliphatic heterocycles. The predicted molar refractivity (Wildman–Crippen MR) is 58.4 cm³/mol. The number of nitrogens with zero attached hydrogens (tertiary/aromatic N) is 3. The highest BCUT2D eigenvalue weighted by molar-refractivity contribution is 5.66. The zero-order valence-electron chi connectivity index (χ0n) is 9.06. The number of alkyl halides is 2. The van der Waals surface area contributed by atoms with Crippen LogP contribution in [-0.2, 0) is 0 Å². The molecule has 86 valence electrons. The molecule has 1 heterocycles. The molecular formula is C12H9F2N3. The molecule has 1 aromatic carbocycles. The molecular weight excluding hydrogens is 224 g/mol. The fourth-order valence-corrected chi connectivity index (χ4v) is 1.64. The number of nitriles is 1. The number of benzene rings is 1. The highest BCUT2D eigenvalue weighted by Gasteiger charge is 2.10. The molecule has 0 unspecified atom stereocenters. The lowest BCUT2D eigenvalue weighted by atomic mass is 10.0. The average molecular weight is 233 g/mol. The quantitative estimate of drug-likeness (QED) is 0.799. The minimum atomic E-state index is -2.64. The Balaban J connectivity index is 2.43. The topological polar surface area (TPSA) is 41.6 Å². The smallest absolute Gasteiger partial charge is 0.211 e. The number of hydrogen-bond acceptors (Lipinski definition) is 2. The fraction of sp³-hybridized carbons (Fsp3) is 0.167. The van der Waals surface area contributed by atoms with Crippen LogP contribution in [0.15, 0.2) is 30.6 Å². The summed E-state index contributed by atoms with van der Waals surface area (Å²) < 4.78 is 25.3. The number of aryl methyl sites for hydroxylation is 1. The molecule has 0 spiro atoms. The lowest BCUT2D eigenvalue weighted by molar-refractivity contribution is 0.0566. The van der Waals surface area contributed by atoms with Crippen LogP contribution >= 0.6 is 0 Å². The van der Waals surface area contributed by atoms with E-state index >= 15 is 0 Å². The monoisotopic (exact) mass is 233 g/mol. The standard InChI is InChI=1S/C12H9F2N3/c1-8-4-9(5-15)2-3-11(8)10-6-16-17(7-10)12(13)14/h2-4,6-7,12H,1H3. The van der Waals surface area contributed by atoms with Crippen molar-refractivity contribution in [2.75, 3.05) is 0 Å². The minimum Gasteiger partial charge on any atom is -0.211 e. The van der Waals surface area contributed by atoms with E-state index in [9.17, 15) is 8.78 Å². The zero-order chi connectivity index (χ0) is 12.4. The molecule has 0 saturated heterocycles. The van der Waals surface area contributed by atoms with Crippen molar-refractivity contribution in [3.63, 3.8) is 0 Å². The number of rotatable bonds is 2. The van der Waals surface area contributed by atoms with Crippen molar-refractivity contribution in [2.45, 2.75) is 13.5 Å². The van der Waals surface area contributed by atoms with Crippen LogP contribution in [0.4, 0.5) is 8.78 Å². The Labute approximate surface area is 96.9 Å². The van der Waals surface area contributed by atoms with Crippen LogP contribution in [0.5, 0.6) is 0 Å². The second-order valence-corrected chi connectivity index (χ2v) is 3.63. The SMILES string of the molecule is Cc1cc(C#N)ccc1-c1cnn(C(F)F)c1. The van der Waals surface area contributed by atoms with Crippen LogP contribution in [0.25, 0.3) is 11.1 Å². The third-order valence-electron chi connectivity index (χ3n) is 2.47. The first kappa shape index (κ1) is 11.3. The molecule has 0 fully saturated rings. The maximum atomic E-state index is 12.4. The molecule has 0 bridgehead atoms. The highest BCUT2D eigenvalue weighted by Crippen LogP contribution is 2.24. The Morgan fingerprint density at radius 3 is 2.71 bits per heavy atom. The van der Waals surface area contributed by atoms with Gasteiger partial charge in [-0.2, -0.15) is 19.1 Å². The van der Waals surface area contributed by atoms with Gasteiger partial charge in [-0.25, -0.2) is 4.68 Å². The summed E-state index contributed by atoms with van der Waals surface area (Å²) in [5.41, 5.74) is 2.83.